The van der Waals surface area contributed by atoms with Crippen molar-refractivity contribution < 1.29 is 72.3 Å². The van der Waals surface area contributed by atoms with E-state index >= 15 is 0 Å². The molecule has 3 N–H and O–H groups in total. The van der Waals surface area contributed by atoms with E-state index in [1.54, 1.807) is 41.1 Å². The maximum absolute atomic E-state index is 13.3. The molecule has 0 aromatic heterocycles. The molecule has 6 fully saturated rings. The highest BCUT2D eigenvalue weighted by Gasteiger charge is 2.71. The van der Waals surface area contributed by atoms with Gasteiger partial charge in [0.15, 0.2) is 18.9 Å². The summed E-state index contributed by atoms with van der Waals surface area (Å²) >= 11 is 0. The summed E-state index contributed by atoms with van der Waals surface area (Å²) in [6, 6.07) is 0. The van der Waals surface area contributed by atoms with Gasteiger partial charge in [0.2, 0.25) is 0 Å². The quantitative estimate of drug-likeness (QED) is 0.139. The van der Waals surface area contributed by atoms with Crippen molar-refractivity contribution in [2.75, 3.05) is 21.3 Å². The van der Waals surface area contributed by atoms with Crippen LogP contribution in [0.15, 0.2) is 23.3 Å². The lowest BCUT2D eigenvalue weighted by Crippen LogP contribution is -2.66. The minimum absolute atomic E-state index is 0.0391. The Morgan fingerprint density at radius 3 is 2.00 bits per heavy atom. The second kappa shape index (κ2) is 18.8. The molecule has 3 saturated carbocycles. The smallest absolute Gasteiger partial charge is 0.333 e. The number of hydrogen-bond donors (Lipinski definition) is 3. The number of ketones is 1. The van der Waals surface area contributed by atoms with Gasteiger partial charge in [0.1, 0.15) is 42.4 Å². The van der Waals surface area contributed by atoms with Crippen LogP contribution in [0.4, 0.5) is 0 Å². The molecule has 0 radical (unpaired) electrons. The predicted octanol–water partition coefficient (Wildman–Crippen LogP) is 4.69. The van der Waals surface area contributed by atoms with Crippen LogP contribution in [0.3, 0.4) is 0 Å². The number of Topliss-reactive ketones (excluding diaryl/α,β-unsaturated/α-hetero) is 1. The van der Waals surface area contributed by atoms with Crippen LogP contribution >= 0.6 is 0 Å². The van der Waals surface area contributed by atoms with E-state index < -0.39 is 96.9 Å². The second-order valence-corrected chi connectivity index (χ2v) is 19.8. The van der Waals surface area contributed by atoms with Gasteiger partial charge in [-0.15, -0.1) is 0 Å². The van der Waals surface area contributed by atoms with Gasteiger partial charge in [-0.25, -0.2) is 4.79 Å². The molecule has 0 spiro atoms. The van der Waals surface area contributed by atoms with E-state index in [2.05, 4.69) is 13.0 Å². The highest BCUT2D eigenvalue weighted by atomic mass is 16.8. The summed E-state index contributed by atoms with van der Waals surface area (Å²) in [6.07, 6.45) is 0.173. The van der Waals surface area contributed by atoms with Gasteiger partial charge in [0, 0.05) is 51.1 Å². The summed E-state index contributed by atoms with van der Waals surface area (Å²) < 4.78 is 61.8. The van der Waals surface area contributed by atoms with Crippen molar-refractivity contribution in [1.82, 2.24) is 0 Å². The maximum Gasteiger partial charge on any atom is 0.333 e. The van der Waals surface area contributed by atoms with Gasteiger partial charge < -0.3 is 62.7 Å². The van der Waals surface area contributed by atoms with Crippen molar-refractivity contribution in [2.45, 2.75) is 211 Å². The van der Waals surface area contributed by atoms with Crippen molar-refractivity contribution in [3.63, 3.8) is 0 Å². The number of allylic oxidation sites excluding steroid dienone is 2. The molecule has 0 aromatic rings. The lowest BCUT2D eigenvalue weighted by Gasteiger charge is -2.63. The fourth-order valence-electron chi connectivity index (χ4n) is 12.8. The summed E-state index contributed by atoms with van der Waals surface area (Å²) in [5.74, 6) is -0.727. The molecule has 62 heavy (non-hydrogen) atoms. The number of rotatable bonds is 12. The average molecular weight is 879 g/mol. The first-order valence-corrected chi connectivity index (χ1v) is 23.0. The molecule has 0 amide bonds. The molecule has 21 atom stereocenters. The van der Waals surface area contributed by atoms with Gasteiger partial charge in [-0.1, -0.05) is 31.6 Å². The number of ether oxygens (including phenoxy) is 10. The number of methoxy groups -OCH3 is 3. The van der Waals surface area contributed by atoms with E-state index in [9.17, 15) is 24.9 Å². The molecule has 3 heterocycles. The molecule has 18 unspecified atom stereocenters. The topological polar surface area (TPSA) is 187 Å². The molecule has 0 aromatic carbocycles. The first-order valence-electron chi connectivity index (χ1n) is 23.0. The maximum atomic E-state index is 13.3. The van der Waals surface area contributed by atoms with E-state index in [1.165, 1.54) is 12.7 Å². The third-order valence-corrected chi connectivity index (χ3v) is 16.6. The molecule has 15 heteroatoms. The Balaban J connectivity index is 0.980. The summed E-state index contributed by atoms with van der Waals surface area (Å²) in [5, 5.41) is 34.1. The Bertz CT molecular complexity index is 1670. The number of carbonyl (C=O) groups excluding carboxylic acids is 2. The van der Waals surface area contributed by atoms with Crippen molar-refractivity contribution in [3.05, 3.63) is 23.3 Å². The molecule has 352 valence electrons. The highest BCUT2D eigenvalue weighted by Crippen LogP contribution is 2.68. The largest absolute Gasteiger partial charge is 0.458 e. The van der Waals surface area contributed by atoms with E-state index in [4.69, 9.17) is 47.4 Å². The molecule has 15 nitrogen and oxygen atoms in total. The van der Waals surface area contributed by atoms with Crippen LogP contribution in [0, 0.1) is 28.6 Å². The lowest BCUT2D eigenvalue weighted by molar-refractivity contribution is -0.352. The van der Waals surface area contributed by atoms with Crippen molar-refractivity contribution in [3.8, 4) is 0 Å². The molecule has 7 rings (SSSR count). The van der Waals surface area contributed by atoms with Crippen molar-refractivity contribution in [2.24, 2.45) is 28.6 Å². The zero-order chi connectivity index (χ0) is 45.1. The molecule has 4 aliphatic carbocycles. The minimum Gasteiger partial charge on any atom is -0.458 e. The van der Waals surface area contributed by atoms with Gasteiger partial charge in [0.05, 0.1) is 42.2 Å². The van der Waals surface area contributed by atoms with E-state index in [0.29, 0.717) is 44.1 Å². The highest BCUT2D eigenvalue weighted by molar-refractivity contribution is 5.88. The summed E-state index contributed by atoms with van der Waals surface area (Å²) in [6.45, 7) is 15.0. The zero-order valence-corrected chi connectivity index (χ0v) is 38.7. The van der Waals surface area contributed by atoms with E-state index in [-0.39, 0.29) is 41.2 Å². The molecular formula is C47H74O15. The Hall–Kier alpha value is -1.86. The van der Waals surface area contributed by atoms with Crippen LogP contribution in [0.1, 0.15) is 113 Å². The van der Waals surface area contributed by atoms with Crippen molar-refractivity contribution >= 4 is 11.8 Å². The standard InChI is InChI=1S/C47H74O15/c1-12-23(2)43(51)60-35-20-32-31(47(52)18-16-30(24(3)48)46(35,47)8)14-13-28-19-29(15-17-45(28,32)7)59-36-21-33(53-9)40(26(5)56-36)61-37-22-34(54-10)41(27(6)57-37)62-44-39(50)42(55-11)38(49)25(4)58-44/h12-13,25-27,29-42,44,49-50,52H,14-22H2,1-11H3/b23-12+/t25?,26?,27?,29?,30?,31?,32?,33?,34?,35?,36?,37?,38?,39?,40?,41?,42?,44?,45-,46-,47-/m0/s1. The number of hydrogen-bond acceptors (Lipinski definition) is 15. The van der Waals surface area contributed by atoms with Gasteiger partial charge in [-0.3, -0.25) is 4.79 Å². The molecule has 3 aliphatic heterocycles. The van der Waals surface area contributed by atoms with Gasteiger partial charge >= 0.3 is 5.97 Å². The van der Waals surface area contributed by atoms with Crippen LogP contribution in [0.5, 0.6) is 0 Å². The van der Waals surface area contributed by atoms with Crippen LogP contribution in [0.25, 0.3) is 0 Å². The average Bonchev–Trinajstić information content (AvgIpc) is 3.53. The molecular weight excluding hydrogens is 805 g/mol. The normalized spacial score (nSPS) is 49.6. The van der Waals surface area contributed by atoms with Crippen LogP contribution in [-0.4, -0.2) is 146 Å². The first-order chi connectivity index (χ1) is 29.3. The van der Waals surface area contributed by atoms with Crippen LogP contribution < -0.4 is 0 Å². The fraction of sp³-hybridized carbons (Fsp3) is 0.872. The Morgan fingerprint density at radius 2 is 1.40 bits per heavy atom. The minimum atomic E-state index is -1.22. The number of fused-ring (bicyclic) bond motifs is 5. The third kappa shape index (κ3) is 8.42. The fourth-order valence-corrected chi connectivity index (χ4v) is 12.8. The van der Waals surface area contributed by atoms with Gasteiger partial charge in [-0.2, -0.15) is 0 Å². The first kappa shape index (κ1) is 48.1. The van der Waals surface area contributed by atoms with Gasteiger partial charge in [0.25, 0.3) is 0 Å². The predicted molar refractivity (Wildman–Crippen MR) is 223 cm³/mol. The number of aliphatic hydroxyl groups excluding tert-OH is 2. The summed E-state index contributed by atoms with van der Waals surface area (Å²) in [4.78, 5) is 26.4. The third-order valence-electron chi connectivity index (χ3n) is 16.6. The Kier molecular flexibility index (Phi) is 14.6. The number of aliphatic hydroxyl groups is 3. The van der Waals surface area contributed by atoms with E-state index in [0.717, 1.165) is 19.3 Å². The molecule has 0 bridgehead atoms. The molecule has 7 aliphatic rings. The Morgan fingerprint density at radius 1 is 0.774 bits per heavy atom. The number of carbonyl (C=O) groups is 2. The second-order valence-electron chi connectivity index (χ2n) is 19.8. The zero-order valence-electron chi connectivity index (χ0n) is 38.7. The van der Waals surface area contributed by atoms with Crippen molar-refractivity contribution in [1.29, 1.82) is 0 Å². The number of esters is 1. The molecule has 3 saturated heterocycles. The van der Waals surface area contributed by atoms with E-state index in [1.807, 2.05) is 27.7 Å². The van der Waals surface area contributed by atoms with Gasteiger partial charge in [-0.05, 0) is 104 Å². The monoisotopic (exact) mass is 879 g/mol. The summed E-state index contributed by atoms with van der Waals surface area (Å²) in [7, 11) is 4.68. The SMILES string of the molecule is C/C=C(\C)C(=O)OC1CC2C(CC=C3CC(OC4CC(OC)C(OC5CC(OC)C(OC6OC(C)C(O)C(OC)C6O)C(C)O5)C(C)O4)CC[C@@]32C)[C@@]2(O)CCC(C(C)=O)[C@@]12C. The van der Waals surface area contributed by atoms with Crippen LogP contribution in [-0.2, 0) is 57.0 Å². The van der Waals surface area contributed by atoms with Crippen LogP contribution in [0.2, 0.25) is 0 Å². The Labute approximate surface area is 367 Å². The lowest BCUT2D eigenvalue weighted by atomic mass is 9.45. The summed E-state index contributed by atoms with van der Waals surface area (Å²) in [5.41, 5.74) is -0.439.